The Kier molecular flexibility index (Phi) is 41.2. The van der Waals surface area contributed by atoms with Crippen LogP contribution in [0, 0.1) is 5.92 Å². The number of esters is 1. The molecule has 2 aromatic rings. The van der Waals surface area contributed by atoms with Gasteiger partial charge in [-0.2, -0.15) is 0 Å². The predicted molar refractivity (Wildman–Crippen MR) is 395 cm³/mol. The number of cyclic esters (lactones) is 1. The van der Waals surface area contributed by atoms with Crippen molar-refractivity contribution in [2.75, 3.05) is 39.1 Å². The van der Waals surface area contributed by atoms with Crippen LogP contribution in [0.2, 0.25) is 0 Å². The fourth-order valence-electron chi connectivity index (χ4n) is 11.3. The monoisotopic (exact) mass is 1610 g/mol. The molecule has 1 heterocycles. The lowest BCUT2D eigenvalue weighted by Crippen LogP contribution is -2.62. The SMILES string of the molecule is CCCCCCCCCC(=O)N[C@@H](Cc1cccc(OC)c1)C(=O)N[C@@H](CC(N)=O)C(=O)N[C@@H](CC(=O)O)C(=O)N[C@@H]1C(=O)NCC(=O)N[C@@H](CCCN)C(=O)N[C@@H](CC(=O)O)C(=O)N[C@H](C)C(=O)N[C@@H](CC(=O)O)C(=O)NCC(=O)N[C@H](CO)C(=O)N[C@@H]([C@@H](C)CC(=O)O)C(=O)N[C@@H](CC(=O)c2ccccc2N)C(=O)O[C@@H]1C. The zero-order valence-corrected chi connectivity index (χ0v) is 63.4. The number of para-hydroxylation sites is 1. The van der Waals surface area contributed by atoms with Crippen molar-refractivity contribution in [2.45, 2.75) is 209 Å². The van der Waals surface area contributed by atoms with Crippen LogP contribution in [0.1, 0.15) is 146 Å². The van der Waals surface area contributed by atoms with Crippen LogP contribution in [0.5, 0.6) is 5.75 Å². The molecule has 0 aliphatic carbocycles. The second-order valence-corrected chi connectivity index (χ2v) is 26.7. The van der Waals surface area contributed by atoms with Gasteiger partial charge in [-0.25, -0.2) is 4.79 Å². The number of ether oxygens (including phenoxy) is 2. The number of nitrogens with two attached hydrogens (primary N) is 3. The van der Waals surface area contributed by atoms with Crippen molar-refractivity contribution in [1.82, 2.24) is 69.1 Å². The first kappa shape index (κ1) is 95.8. The second kappa shape index (κ2) is 49.0. The lowest BCUT2D eigenvalue weighted by Gasteiger charge is -2.30. The zero-order chi connectivity index (χ0) is 85.5. The first-order chi connectivity index (χ1) is 53.8. The number of carbonyl (C=O) groups excluding carboxylic acids is 16. The Balaban J connectivity index is 2.29. The maximum atomic E-state index is 14.8. The summed E-state index contributed by atoms with van der Waals surface area (Å²) in [5, 5.41) is 77.8. The van der Waals surface area contributed by atoms with Crippen molar-refractivity contribution in [1.29, 1.82) is 0 Å². The van der Waals surface area contributed by atoms with E-state index in [0.29, 0.717) is 24.2 Å². The van der Waals surface area contributed by atoms with Crippen LogP contribution < -0.4 is 91.1 Å². The van der Waals surface area contributed by atoms with Crippen LogP contribution in [0.3, 0.4) is 0 Å². The highest BCUT2D eigenvalue weighted by atomic mass is 16.5. The van der Waals surface area contributed by atoms with Gasteiger partial charge in [0.05, 0.1) is 58.9 Å². The molecular formula is C71H102N16O27. The molecule has 0 bridgehead atoms. The summed E-state index contributed by atoms with van der Waals surface area (Å²) in [4.78, 5) is 272. The molecule has 1 aliphatic heterocycles. The smallest absolute Gasteiger partial charge is 0.329 e. The molecule has 0 saturated carbocycles. The third-order valence-corrected chi connectivity index (χ3v) is 17.3. The summed E-state index contributed by atoms with van der Waals surface area (Å²) >= 11 is 0. The lowest BCUT2D eigenvalue weighted by atomic mass is 9.96. The minimum atomic E-state index is -2.45. The number of hydrogen-bond acceptors (Lipinski definition) is 25. The van der Waals surface area contributed by atoms with Gasteiger partial charge in [0.2, 0.25) is 82.7 Å². The number of hydrogen-bond donors (Lipinski definition) is 21. The standard InChI is InChI=1S/C71H102N16O27/c1-6-7-8-9-10-11-12-22-52(91)79-43(26-38-17-15-18-39(25-38)113-5)65(106)82-44(28-51(74)90)66(107)84-47(31-58(100)101)67(108)87-60-37(4)114-71(112)48(27-50(89)40-19-13-14-20-41(40)73)85-70(111)59(35(2)24-55(94)95)86-68(109)49(34-88)80-54(93)32-75-62(103)45(29-56(96)97)81-61(102)36(3)77-64(105)46(30-57(98)99)83-63(104)42(21-16-23-72)78-53(92)33-76-69(60)110/h13-15,17-20,25,35-37,42-49,59-60,88H,6-12,16,21-24,26-34,72-73H2,1-5H3,(H2,74,90)(H,75,103)(H,76,110)(H,77,105)(H,78,92)(H,79,91)(H,80,93)(H,81,102)(H,82,106)(H,83,104)(H,84,107)(H,85,111)(H,86,109)(H,87,108)(H,94,95)(H,96,97)(H,98,99)(H,100,101)/t35-,36+,37+,42-,43-,44-,45-,46-,47-,48-,49+,59-,60-/m0/s1. The maximum Gasteiger partial charge on any atom is 0.329 e. The summed E-state index contributed by atoms with van der Waals surface area (Å²) in [5.74, 6) is -29.5. The normalized spacial score (nSPS) is 21.2. The molecule has 43 heteroatoms. The number of aliphatic hydroxyl groups excluding tert-OH is 1. The molecule has 0 spiro atoms. The number of carbonyl (C=O) groups is 20. The predicted octanol–water partition coefficient (Wildman–Crippen LogP) is -6.09. The topological polar surface area (TPSA) is 695 Å². The fourth-order valence-corrected chi connectivity index (χ4v) is 11.3. The third kappa shape index (κ3) is 34.4. The van der Waals surface area contributed by atoms with Crippen LogP contribution in [-0.4, -0.2) is 250 Å². The van der Waals surface area contributed by atoms with Crippen LogP contribution in [0.25, 0.3) is 0 Å². The quantitative estimate of drug-likeness (QED) is 0.0131. The van der Waals surface area contributed by atoms with E-state index in [-0.39, 0.29) is 37.1 Å². The summed E-state index contributed by atoms with van der Waals surface area (Å²) < 4.78 is 11.0. The van der Waals surface area contributed by atoms with E-state index in [1.807, 2.05) is 16.0 Å². The number of rotatable bonds is 36. The van der Waals surface area contributed by atoms with Crippen molar-refractivity contribution in [3.8, 4) is 5.75 Å². The molecule has 628 valence electrons. The Morgan fingerprint density at radius 2 is 1.11 bits per heavy atom. The van der Waals surface area contributed by atoms with Crippen molar-refractivity contribution < 1.29 is 131 Å². The number of amides is 14. The highest BCUT2D eigenvalue weighted by Crippen LogP contribution is 2.20. The van der Waals surface area contributed by atoms with Crippen molar-refractivity contribution in [3.63, 3.8) is 0 Å². The van der Waals surface area contributed by atoms with E-state index in [9.17, 15) is 121 Å². The molecule has 0 radical (unpaired) electrons. The molecule has 43 nitrogen and oxygen atoms in total. The maximum absolute atomic E-state index is 14.8. The van der Waals surface area contributed by atoms with Gasteiger partial charge in [0, 0.05) is 30.5 Å². The van der Waals surface area contributed by atoms with Crippen molar-refractivity contribution in [2.24, 2.45) is 17.4 Å². The van der Waals surface area contributed by atoms with Crippen LogP contribution in [0.15, 0.2) is 48.5 Å². The average molecular weight is 1610 g/mol. The summed E-state index contributed by atoms with van der Waals surface area (Å²) in [6.45, 7) is 1.09. The number of Topliss-reactive ketones (excluding diaryl/α,β-unsaturated/α-hetero) is 1. The Hall–Kier alpha value is -12.4. The molecular weight excluding hydrogens is 1510 g/mol. The molecule has 1 saturated heterocycles. The molecule has 24 N–H and O–H groups in total. The number of nitrogens with one attached hydrogen (secondary N) is 13. The number of ketones is 1. The van der Waals surface area contributed by atoms with E-state index in [4.69, 9.17) is 26.7 Å². The summed E-state index contributed by atoms with van der Waals surface area (Å²) in [5.41, 5.74) is 17.3. The van der Waals surface area contributed by atoms with E-state index in [0.717, 1.165) is 52.9 Å². The number of aliphatic hydroxyl groups is 1. The third-order valence-electron chi connectivity index (χ3n) is 17.3. The van der Waals surface area contributed by atoms with Gasteiger partial charge in [-0.1, -0.05) is 76.6 Å². The average Bonchev–Trinajstić information content (AvgIpc) is 0.844. The molecule has 2 aromatic carbocycles. The number of carboxylic acids is 4. The van der Waals surface area contributed by atoms with E-state index in [2.05, 4.69) is 60.1 Å². The largest absolute Gasteiger partial charge is 0.497 e. The Morgan fingerprint density at radius 3 is 1.68 bits per heavy atom. The second-order valence-electron chi connectivity index (χ2n) is 26.7. The van der Waals surface area contributed by atoms with Gasteiger partial charge in [0.1, 0.15) is 78.3 Å². The Morgan fingerprint density at radius 1 is 0.561 bits per heavy atom. The molecule has 0 aromatic heterocycles. The van der Waals surface area contributed by atoms with Crippen molar-refractivity contribution >= 4 is 124 Å². The molecule has 1 aliphatic rings. The van der Waals surface area contributed by atoms with Gasteiger partial charge < -0.3 is 121 Å². The molecule has 114 heavy (non-hydrogen) atoms. The number of methoxy groups -OCH3 is 1. The highest BCUT2D eigenvalue weighted by Gasteiger charge is 2.41. The van der Waals surface area contributed by atoms with Gasteiger partial charge in [-0.05, 0) is 75.4 Å². The van der Waals surface area contributed by atoms with Crippen molar-refractivity contribution in [3.05, 3.63) is 59.7 Å². The molecule has 3 rings (SSSR count). The van der Waals surface area contributed by atoms with E-state index < -0.39 is 261 Å². The molecule has 0 unspecified atom stereocenters. The van der Waals surface area contributed by atoms with E-state index >= 15 is 0 Å². The van der Waals surface area contributed by atoms with Crippen LogP contribution in [0.4, 0.5) is 5.69 Å². The minimum Gasteiger partial charge on any atom is -0.497 e. The number of anilines is 1. The van der Waals surface area contributed by atoms with Crippen LogP contribution >= 0.6 is 0 Å². The molecule has 1 fully saturated rings. The first-order valence-corrected chi connectivity index (χ1v) is 36.4. The Labute approximate surface area is 653 Å². The van der Waals surface area contributed by atoms with Gasteiger partial charge in [0.25, 0.3) is 0 Å². The summed E-state index contributed by atoms with van der Waals surface area (Å²) in [6, 6.07) is -11.2. The van der Waals surface area contributed by atoms with Gasteiger partial charge in [0.15, 0.2) is 5.78 Å². The van der Waals surface area contributed by atoms with Gasteiger partial charge in [-0.3, -0.25) is 91.1 Å². The lowest BCUT2D eigenvalue weighted by molar-refractivity contribution is -0.156. The number of primary amides is 1. The number of nitrogen functional groups attached to an aromatic ring is 1. The van der Waals surface area contributed by atoms with E-state index in [1.54, 1.807) is 24.3 Å². The molecule has 13 atom stereocenters. The first-order valence-electron chi connectivity index (χ1n) is 36.4. The van der Waals surface area contributed by atoms with Gasteiger partial charge in [-0.15, -0.1) is 0 Å². The summed E-state index contributed by atoms with van der Waals surface area (Å²) in [6.07, 6.45) is -4.01. The Bertz CT molecular complexity index is 3800. The number of carboxylic acid groups (broad SMARTS) is 4. The van der Waals surface area contributed by atoms with E-state index in [1.165, 1.54) is 31.4 Å². The van der Waals surface area contributed by atoms with Gasteiger partial charge >= 0.3 is 29.8 Å². The molecule has 14 amide bonds. The summed E-state index contributed by atoms with van der Waals surface area (Å²) in [7, 11) is 1.38. The number of aliphatic carboxylic acids is 4. The minimum absolute atomic E-state index is 0.0283. The van der Waals surface area contributed by atoms with Crippen LogP contribution in [-0.2, 0) is 102 Å². The highest BCUT2D eigenvalue weighted by molar-refractivity contribution is 6.05. The fraction of sp³-hybridized carbons (Fsp3) is 0.549. The zero-order valence-electron chi connectivity index (χ0n) is 63.4. The number of benzene rings is 2. The number of unbranched alkanes of at least 4 members (excludes halogenated alkanes) is 6.